The summed E-state index contributed by atoms with van der Waals surface area (Å²) < 4.78 is 0. The Labute approximate surface area is 436 Å². The second-order valence-corrected chi connectivity index (χ2v) is 20.7. The number of aromatic amines is 2. The van der Waals surface area contributed by atoms with Crippen LogP contribution in [0, 0.1) is 0 Å². The lowest BCUT2D eigenvalue weighted by Crippen LogP contribution is -1.84. The van der Waals surface area contributed by atoms with E-state index in [9.17, 15) is 0 Å². The summed E-state index contributed by atoms with van der Waals surface area (Å²) in [4.78, 5) is 48.1. The Morgan fingerprint density at radius 3 is 0.886 bits per heavy atom. The van der Waals surface area contributed by atoms with Gasteiger partial charge in [0, 0.05) is 83.0 Å². The summed E-state index contributed by atoms with van der Waals surface area (Å²) in [6.07, 6.45) is 0. The van der Waals surface area contributed by atoms with Crippen LogP contribution >= 0.6 is 59.5 Å². The third-order valence-electron chi connectivity index (χ3n) is 11.6. The number of benzene rings is 8. The number of H-pyrrole nitrogens is 2. The number of nitrogens with zero attached hydrogens (tertiary/aromatic N) is 6. The van der Waals surface area contributed by atoms with Crippen molar-refractivity contribution in [2.45, 2.75) is 39.2 Å². The molecule has 8 bridgehead atoms. The minimum absolute atomic E-state index is 0. The lowest BCUT2D eigenvalue weighted by molar-refractivity contribution is 1.19. The summed E-state index contributed by atoms with van der Waals surface area (Å²) in [6.45, 7) is 0. The Morgan fingerprint density at radius 2 is 0.543 bits per heavy atom. The van der Waals surface area contributed by atoms with Crippen LogP contribution in [0.15, 0.2) is 233 Å². The molecule has 2 aliphatic rings. The van der Waals surface area contributed by atoms with E-state index in [0.717, 1.165) is 83.0 Å². The smallest absolute Gasteiger partial charge is 0.187 e. The molecule has 336 valence electrons. The van der Waals surface area contributed by atoms with Crippen molar-refractivity contribution in [3.05, 3.63) is 194 Å². The first-order valence-corrected chi connectivity index (χ1v) is 25.2. The van der Waals surface area contributed by atoms with E-state index in [0.29, 0.717) is 45.9 Å². The first-order valence-electron chi connectivity index (χ1n) is 21.9. The van der Waals surface area contributed by atoms with Gasteiger partial charge in [0.25, 0.3) is 0 Å². The number of rotatable bonds is 8. The summed E-state index contributed by atoms with van der Waals surface area (Å²) in [6, 6.07) is 67.3. The molecule has 0 spiro atoms. The highest BCUT2D eigenvalue weighted by Crippen LogP contribution is 2.42. The van der Waals surface area contributed by atoms with Gasteiger partial charge in [-0.2, -0.15) is 0 Å². The molecule has 0 saturated heterocycles. The van der Waals surface area contributed by atoms with Crippen LogP contribution in [0.5, 0.6) is 0 Å². The zero-order chi connectivity index (χ0) is 45.0. The molecular weight excluding hydrogens is 975 g/mol. The molecular formula is C56H38AlClN8S4. The fourth-order valence-electron chi connectivity index (χ4n) is 8.46. The zero-order valence-electron chi connectivity index (χ0n) is 36.2. The van der Waals surface area contributed by atoms with Crippen LogP contribution < -0.4 is 0 Å². The summed E-state index contributed by atoms with van der Waals surface area (Å²) in [5.74, 6) is 2.23. The van der Waals surface area contributed by atoms with Crippen molar-refractivity contribution in [3.63, 3.8) is 0 Å². The van der Waals surface area contributed by atoms with Crippen LogP contribution in [0.25, 0.3) is 89.7 Å². The van der Waals surface area contributed by atoms with Crippen LogP contribution in [0.1, 0.15) is 0 Å². The van der Waals surface area contributed by atoms with Gasteiger partial charge in [0.2, 0.25) is 0 Å². The fourth-order valence-corrected chi connectivity index (χ4v) is 12.0. The normalized spacial score (nSPS) is 11.4. The van der Waals surface area contributed by atoms with Gasteiger partial charge >= 0.3 is 0 Å². The van der Waals surface area contributed by atoms with Crippen molar-refractivity contribution < 1.29 is 0 Å². The van der Waals surface area contributed by atoms with Gasteiger partial charge in [0.15, 0.2) is 40.7 Å². The van der Waals surface area contributed by atoms with Crippen molar-refractivity contribution >= 4 is 121 Å². The first-order chi connectivity index (χ1) is 33.6. The SMILES string of the molecule is Cl.[AlH3].c1ccc(Sc2ccc3c(c2)-c2nc-3nc3[nH]c(nc4nc(nc5[nH]c(n2)c2ccc(Sc6ccccc6)cc52)-c2ccc(Sc5ccccc5)cc2-4)c2ccc(Sc4ccccc4)cc32)cc1. The highest BCUT2D eigenvalue weighted by atomic mass is 35.5. The number of aromatic nitrogens is 8. The molecule has 5 heterocycles. The highest BCUT2D eigenvalue weighted by molar-refractivity contribution is 8.00. The molecule has 2 aliphatic heterocycles. The molecule has 0 fully saturated rings. The second-order valence-electron chi connectivity index (χ2n) is 16.1. The predicted octanol–water partition coefficient (Wildman–Crippen LogP) is 14.7. The Bertz CT molecular complexity index is 3680. The van der Waals surface area contributed by atoms with Crippen molar-refractivity contribution in [1.82, 2.24) is 39.9 Å². The number of nitrogens with one attached hydrogen (secondary N) is 2. The molecule has 2 N–H and O–H groups in total. The molecule has 11 aromatic rings. The van der Waals surface area contributed by atoms with E-state index in [4.69, 9.17) is 29.9 Å². The Hall–Kier alpha value is -6.66. The van der Waals surface area contributed by atoms with Crippen molar-refractivity contribution in [3.8, 4) is 45.6 Å². The van der Waals surface area contributed by atoms with Crippen LogP contribution in [0.3, 0.4) is 0 Å². The third-order valence-corrected chi connectivity index (χ3v) is 15.6. The molecule has 8 nitrogen and oxygen atoms in total. The lowest BCUT2D eigenvalue weighted by atomic mass is 10.1. The van der Waals surface area contributed by atoms with Crippen LogP contribution in [-0.4, -0.2) is 57.2 Å². The summed E-state index contributed by atoms with van der Waals surface area (Å²) in [7, 11) is 0. The van der Waals surface area contributed by atoms with Crippen LogP contribution in [0.2, 0.25) is 0 Å². The fraction of sp³-hybridized carbons (Fsp3) is 0. The summed E-state index contributed by atoms with van der Waals surface area (Å²) in [5.41, 5.74) is 6.15. The molecule has 70 heavy (non-hydrogen) atoms. The van der Waals surface area contributed by atoms with Gasteiger partial charge < -0.3 is 9.97 Å². The van der Waals surface area contributed by atoms with Crippen molar-refractivity contribution in [2.24, 2.45) is 0 Å². The maximum absolute atomic E-state index is 5.37. The molecule has 14 heteroatoms. The van der Waals surface area contributed by atoms with Gasteiger partial charge in [-0.15, -0.1) is 12.4 Å². The molecule has 0 atom stereocenters. The summed E-state index contributed by atoms with van der Waals surface area (Å²) in [5, 5.41) is 3.68. The largest absolute Gasteiger partial charge is 0.324 e. The van der Waals surface area contributed by atoms with E-state index < -0.39 is 0 Å². The van der Waals surface area contributed by atoms with Gasteiger partial charge in [-0.1, -0.05) is 120 Å². The lowest BCUT2D eigenvalue weighted by Gasteiger charge is -2.05. The molecule has 0 radical (unpaired) electrons. The van der Waals surface area contributed by atoms with E-state index in [1.807, 2.05) is 24.3 Å². The maximum atomic E-state index is 5.37. The third kappa shape index (κ3) is 9.02. The number of hydrogen-bond acceptors (Lipinski definition) is 10. The van der Waals surface area contributed by atoms with Gasteiger partial charge in [-0.25, -0.2) is 29.9 Å². The van der Waals surface area contributed by atoms with Gasteiger partial charge in [-0.05, 0) is 121 Å². The topological polar surface area (TPSA) is 109 Å². The van der Waals surface area contributed by atoms with Crippen molar-refractivity contribution in [2.75, 3.05) is 0 Å². The minimum atomic E-state index is 0. The minimum Gasteiger partial charge on any atom is -0.324 e. The zero-order valence-corrected chi connectivity index (χ0v) is 40.3. The Morgan fingerprint density at radius 1 is 0.257 bits per heavy atom. The molecule has 0 saturated carbocycles. The van der Waals surface area contributed by atoms with Crippen LogP contribution in [0.4, 0.5) is 0 Å². The molecule has 13 rings (SSSR count). The van der Waals surface area contributed by atoms with Gasteiger partial charge in [0.05, 0.1) is 0 Å². The van der Waals surface area contributed by atoms with E-state index in [2.05, 4.69) is 180 Å². The average Bonchev–Trinajstić information content (AvgIpc) is 4.10. The van der Waals surface area contributed by atoms with Crippen LogP contribution in [-0.2, 0) is 0 Å². The molecule has 3 aromatic heterocycles. The number of fused-ring (bicyclic) bond motifs is 20. The molecule has 0 aliphatic carbocycles. The quantitative estimate of drug-likeness (QED) is 0.143. The van der Waals surface area contributed by atoms with E-state index in [1.165, 1.54) is 0 Å². The maximum Gasteiger partial charge on any atom is 0.187 e. The number of hydrogen-bond donors (Lipinski definition) is 2. The van der Waals surface area contributed by atoms with Gasteiger partial charge in [-0.3, -0.25) is 0 Å². The van der Waals surface area contributed by atoms with E-state index in [1.54, 1.807) is 47.0 Å². The molecule has 0 amide bonds. The Kier molecular flexibility index (Phi) is 12.8. The summed E-state index contributed by atoms with van der Waals surface area (Å²) >= 11 is 6.82. The van der Waals surface area contributed by atoms with E-state index >= 15 is 0 Å². The van der Waals surface area contributed by atoms with Crippen molar-refractivity contribution in [1.29, 1.82) is 0 Å². The Balaban J connectivity index is 0.00000267. The average molecular weight is 1010 g/mol. The number of halogens is 1. The standard InChI is InChI=1S/C56H34N8S4.Al.ClH.3H/c1-5-13-33(14-6-1)65-37-21-25-41-45(29-37)53-57-49(41)62-54-47-31-39(67-35-17-9-3-10-18-35)23-27-43(47)51(59-54)64-56-48-32-40(68-36-19-11-4-12-20-36)24-28-44(48)52(60-56)63-55-46-30-38(66-34-15-7-2-8-16-34)22-26-42(46)50(58-55)61-53;;;;;/h1-32H,(H2,57,58,59,60,61,62,63,64);;1H;;;. The highest BCUT2D eigenvalue weighted by Gasteiger charge is 2.24. The molecule has 8 aromatic carbocycles. The van der Waals surface area contributed by atoms with E-state index in [-0.39, 0.29) is 29.8 Å². The monoisotopic (exact) mass is 1010 g/mol. The molecule has 0 unspecified atom stereocenters. The first kappa shape index (κ1) is 45.8. The second kappa shape index (κ2) is 19.6. The van der Waals surface area contributed by atoms with Gasteiger partial charge in [0.1, 0.15) is 22.6 Å². The predicted molar refractivity (Wildman–Crippen MR) is 296 cm³/mol.